The zero-order chi connectivity index (χ0) is 15.5. The van der Waals surface area contributed by atoms with Crippen molar-refractivity contribution in [3.05, 3.63) is 41.7 Å². The lowest BCUT2D eigenvalue weighted by Gasteiger charge is -2.29. The van der Waals surface area contributed by atoms with Gasteiger partial charge in [0.1, 0.15) is 0 Å². The number of aliphatic hydroxyl groups is 1. The van der Waals surface area contributed by atoms with Crippen molar-refractivity contribution in [1.82, 2.24) is 9.97 Å². The molecule has 2 heterocycles. The molecule has 0 saturated carbocycles. The van der Waals surface area contributed by atoms with Crippen LogP contribution >= 0.6 is 0 Å². The van der Waals surface area contributed by atoms with Gasteiger partial charge in [-0.1, -0.05) is 12.1 Å². The van der Waals surface area contributed by atoms with Crippen molar-refractivity contribution in [3.63, 3.8) is 0 Å². The van der Waals surface area contributed by atoms with E-state index < -0.39 is 0 Å². The molecule has 1 aromatic heterocycles. The van der Waals surface area contributed by atoms with Gasteiger partial charge < -0.3 is 10.0 Å². The second kappa shape index (κ2) is 6.12. The van der Waals surface area contributed by atoms with Gasteiger partial charge in [0, 0.05) is 31.0 Å². The molecular weight excluding hydrogens is 276 g/mol. The lowest BCUT2D eigenvalue weighted by Crippen LogP contribution is -2.39. The van der Waals surface area contributed by atoms with Crippen molar-refractivity contribution >= 4 is 5.95 Å². The van der Waals surface area contributed by atoms with Gasteiger partial charge in [0.05, 0.1) is 17.7 Å². The fraction of sp³-hybridized carbons (Fsp3) is 0.353. The summed E-state index contributed by atoms with van der Waals surface area (Å²) in [5.41, 5.74) is 3.56. The molecule has 3 rings (SSSR count). The number of nitrogens with zero attached hydrogens (tertiary/aromatic N) is 4. The van der Waals surface area contributed by atoms with E-state index >= 15 is 0 Å². The van der Waals surface area contributed by atoms with Gasteiger partial charge in [-0.25, -0.2) is 9.97 Å². The number of β-amino-alcohol motifs (C(OH)–C–C–N with tert-alkyl or cyclic N) is 1. The van der Waals surface area contributed by atoms with E-state index in [9.17, 15) is 5.11 Å². The summed E-state index contributed by atoms with van der Waals surface area (Å²) in [5, 5.41) is 18.7. The van der Waals surface area contributed by atoms with Gasteiger partial charge in [0.2, 0.25) is 5.95 Å². The normalized spacial score (nSPS) is 18.0. The zero-order valence-corrected chi connectivity index (χ0v) is 12.5. The smallest absolute Gasteiger partial charge is 0.225 e. The summed E-state index contributed by atoms with van der Waals surface area (Å²) in [6.45, 7) is 3.40. The molecule has 1 fully saturated rings. The van der Waals surface area contributed by atoms with Crippen molar-refractivity contribution in [2.45, 2.75) is 25.9 Å². The van der Waals surface area contributed by atoms with Gasteiger partial charge in [-0.15, -0.1) is 0 Å². The third-order valence-electron chi connectivity index (χ3n) is 4.00. The van der Waals surface area contributed by atoms with Crippen LogP contribution in [-0.4, -0.2) is 34.3 Å². The minimum atomic E-state index is -0.293. The summed E-state index contributed by atoms with van der Waals surface area (Å²) in [5.74, 6) is 0.660. The Balaban J connectivity index is 1.82. The first-order chi connectivity index (χ1) is 10.7. The van der Waals surface area contributed by atoms with Gasteiger partial charge in [0.25, 0.3) is 0 Å². The first-order valence-corrected chi connectivity index (χ1v) is 7.43. The van der Waals surface area contributed by atoms with Gasteiger partial charge >= 0.3 is 0 Å². The Morgan fingerprint density at radius 1 is 1.27 bits per heavy atom. The highest BCUT2D eigenvalue weighted by molar-refractivity contribution is 5.64. The number of nitriles is 1. The Labute approximate surface area is 129 Å². The van der Waals surface area contributed by atoms with Crippen LogP contribution in [-0.2, 0) is 0 Å². The Hall–Kier alpha value is -2.45. The summed E-state index contributed by atoms with van der Waals surface area (Å²) in [6.07, 6.45) is 5.10. The lowest BCUT2D eigenvalue weighted by atomic mass is 10.0. The lowest BCUT2D eigenvalue weighted by molar-refractivity contribution is 0.153. The molecule has 1 aliphatic rings. The fourth-order valence-corrected chi connectivity index (χ4v) is 2.74. The molecule has 1 unspecified atom stereocenters. The predicted octanol–water partition coefficient (Wildman–Crippen LogP) is 2.28. The first-order valence-electron chi connectivity index (χ1n) is 7.43. The van der Waals surface area contributed by atoms with Gasteiger partial charge in [-0.2, -0.15) is 5.26 Å². The number of aliphatic hydroxyl groups excluding tert-OH is 1. The molecule has 112 valence electrons. The van der Waals surface area contributed by atoms with Crippen LogP contribution in [0.15, 0.2) is 30.6 Å². The largest absolute Gasteiger partial charge is 0.391 e. The molecule has 22 heavy (non-hydrogen) atoms. The quantitative estimate of drug-likeness (QED) is 0.920. The minimum Gasteiger partial charge on any atom is -0.391 e. The Morgan fingerprint density at radius 2 is 2.05 bits per heavy atom. The Morgan fingerprint density at radius 3 is 2.68 bits per heavy atom. The summed E-state index contributed by atoms with van der Waals surface area (Å²) in [7, 11) is 0. The zero-order valence-electron chi connectivity index (χ0n) is 12.5. The summed E-state index contributed by atoms with van der Waals surface area (Å²) in [6, 6.07) is 7.87. The van der Waals surface area contributed by atoms with E-state index in [2.05, 4.69) is 16.0 Å². The molecular formula is C17H18N4O. The second-order valence-corrected chi connectivity index (χ2v) is 5.66. The van der Waals surface area contributed by atoms with E-state index in [1.165, 1.54) is 0 Å². The van der Waals surface area contributed by atoms with E-state index in [4.69, 9.17) is 5.26 Å². The molecule has 0 aliphatic carbocycles. The number of rotatable bonds is 2. The molecule has 1 aliphatic heterocycles. The Kier molecular flexibility index (Phi) is 4.03. The number of hydrogen-bond acceptors (Lipinski definition) is 5. The van der Waals surface area contributed by atoms with Crippen LogP contribution in [0.3, 0.4) is 0 Å². The summed E-state index contributed by atoms with van der Waals surface area (Å²) in [4.78, 5) is 10.9. The number of hydrogen-bond donors (Lipinski definition) is 1. The van der Waals surface area contributed by atoms with E-state index in [0.29, 0.717) is 18.1 Å². The Bertz CT molecular complexity index is 706. The topological polar surface area (TPSA) is 73.0 Å². The number of aryl methyl sites for hydroxylation is 1. The van der Waals surface area contributed by atoms with Crippen LogP contribution < -0.4 is 4.90 Å². The van der Waals surface area contributed by atoms with Crippen molar-refractivity contribution in [1.29, 1.82) is 5.26 Å². The van der Waals surface area contributed by atoms with Crippen LogP contribution in [0.5, 0.6) is 0 Å². The average Bonchev–Trinajstić information content (AvgIpc) is 2.55. The SMILES string of the molecule is Cc1cc(-c2cnc(N3CCCC(O)C3)nc2)ccc1C#N. The molecule has 0 spiro atoms. The maximum atomic E-state index is 9.73. The highest BCUT2D eigenvalue weighted by Gasteiger charge is 2.19. The third-order valence-corrected chi connectivity index (χ3v) is 4.00. The van der Waals surface area contributed by atoms with Crippen molar-refractivity contribution in [2.24, 2.45) is 0 Å². The van der Waals surface area contributed by atoms with Crippen molar-refractivity contribution < 1.29 is 5.11 Å². The van der Waals surface area contributed by atoms with E-state index in [1.807, 2.05) is 30.0 Å². The maximum Gasteiger partial charge on any atom is 0.225 e. The third kappa shape index (κ3) is 2.92. The maximum absolute atomic E-state index is 9.73. The van der Waals surface area contributed by atoms with Gasteiger partial charge in [-0.05, 0) is 37.0 Å². The van der Waals surface area contributed by atoms with E-state index in [1.54, 1.807) is 12.4 Å². The monoisotopic (exact) mass is 294 g/mol. The van der Waals surface area contributed by atoms with Crippen LogP contribution in [0, 0.1) is 18.3 Å². The van der Waals surface area contributed by atoms with E-state index in [0.717, 1.165) is 36.1 Å². The molecule has 5 heteroatoms. The molecule has 1 atom stereocenters. The van der Waals surface area contributed by atoms with E-state index in [-0.39, 0.29) is 6.10 Å². The highest BCUT2D eigenvalue weighted by atomic mass is 16.3. The predicted molar refractivity (Wildman–Crippen MR) is 84.4 cm³/mol. The number of piperidine rings is 1. The summed E-state index contributed by atoms with van der Waals surface area (Å²) >= 11 is 0. The molecule has 1 aromatic carbocycles. The number of aromatic nitrogens is 2. The average molecular weight is 294 g/mol. The molecule has 1 N–H and O–H groups in total. The molecule has 1 saturated heterocycles. The molecule has 5 nitrogen and oxygen atoms in total. The standard InChI is InChI=1S/C17H18N4O/c1-12-7-13(4-5-14(12)8-18)15-9-19-17(20-10-15)21-6-2-3-16(22)11-21/h4-5,7,9-10,16,22H,2-3,6,11H2,1H3. The summed E-state index contributed by atoms with van der Waals surface area (Å²) < 4.78 is 0. The number of benzene rings is 1. The molecule has 0 bridgehead atoms. The minimum absolute atomic E-state index is 0.293. The van der Waals surface area contributed by atoms with Crippen LogP contribution in [0.1, 0.15) is 24.0 Å². The first kappa shape index (κ1) is 14.5. The molecule has 0 amide bonds. The molecule has 0 radical (unpaired) electrons. The van der Waals surface area contributed by atoms with Crippen molar-refractivity contribution in [3.8, 4) is 17.2 Å². The second-order valence-electron chi connectivity index (χ2n) is 5.66. The van der Waals surface area contributed by atoms with Crippen molar-refractivity contribution in [2.75, 3.05) is 18.0 Å². The molecule has 2 aromatic rings. The van der Waals surface area contributed by atoms with Gasteiger partial charge in [-0.3, -0.25) is 0 Å². The highest BCUT2D eigenvalue weighted by Crippen LogP contribution is 2.23. The van der Waals surface area contributed by atoms with Crippen LogP contribution in [0.25, 0.3) is 11.1 Å². The number of anilines is 1. The van der Waals surface area contributed by atoms with Crippen LogP contribution in [0.4, 0.5) is 5.95 Å². The fourth-order valence-electron chi connectivity index (χ4n) is 2.74. The van der Waals surface area contributed by atoms with Crippen LogP contribution in [0.2, 0.25) is 0 Å². The van der Waals surface area contributed by atoms with Gasteiger partial charge in [0.15, 0.2) is 0 Å².